The van der Waals surface area contributed by atoms with Gasteiger partial charge < -0.3 is 5.32 Å². The van der Waals surface area contributed by atoms with Gasteiger partial charge in [0.1, 0.15) is 0 Å². The molecule has 2 nitrogen and oxygen atoms in total. The minimum Gasteiger partial charge on any atom is -0.338 e. The van der Waals surface area contributed by atoms with E-state index < -0.39 is 0 Å². The second kappa shape index (κ2) is 3.07. The molecule has 0 heterocycles. The van der Waals surface area contributed by atoms with Crippen LogP contribution in [0.5, 0.6) is 0 Å². The van der Waals surface area contributed by atoms with Gasteiger partial charge in [0.2, 0.25) is 0 Å². The molecule has 0 unspecified atom stereocenters. The first-order valence-electron chi connectivity index (χ1n) is 4.30. The van der Waals surface area contributed by atoms with Gasteiger partial charge in [-0.2, -0.15) is 0 Å². The highest BCUT2D eigenvalue weighted by molar-refractivity contribution is 7.96. The third-order valence-corrected chi connectivity index (χ3v) is 2.53. The van der Waals surface area contributed by atoms with E-state index in [-0.39, 0.29) is 10.8 Å². The largest absolute Gasteiger partial charge is 0.338 e. The Hall–Kier alpha value is -0.960. The van der Waals surface area contributed by atoms with E-state index in [9.17, 15) is 4.79 Å². The van der Waals surface area contributed by atoms with Crippen molar-refractivity contribution in [2.24, 2.45) is 0 Å². The van der Waals surface area contributed by atoms with Crippen LogP contribution in [0.3, 0.4) is 0 Å². The number of hydrogen-bond acceptors (Lipinski definition) is 1. The van der Waals surface area contributed by atoms with Gasteiger partial charge in [-0.3, -0.25) is 4.79 Å². The summed E-state index contributed by atoms with van der Waals surface area (Å²) in [6.07, 6.45) is 2.03. The first-order chi connectivity index (χ1) is 6.23. The van der Waals surface area contributed by atoms with Crippen molar-refractivity contribution in [1.82, 2.24) is 5.32 Å². The van der Waals surface area contributed by atoms with E-state index in [1.165, 1.54) is 5.56 Å². The molecule has 1 aromatic carbocycles. The minimum absolute atomic E-state index is 0.111. The monoisotopic (exact) mass is 193 g/mol. The molecule has 1 saturated carbocycles. The first kappa shape index (κ1) is 8.63. The average Bonchev–Trinajstić information content (AvgIpc) is 2.86. The Morgan fingerprint density at radius 2 is 1.92 bits per heavy atom. The van der Waals surface area contributed by atoms with Gasteiger partial charge in [-0.05, 0) is 18.4 Å². The highest BCUT2D eigenvalue weighted by atomic mass is 32.1. The second-order valence-electron chi connectivity index (χ2n) is 3.38. The number of benzene rings is 1. The van der Waals surface area contributed by atoms with E-state index in [0.717, 1.165) is 12.8 Å². The molecular weight excluding hydrogens is 182 g/mol. The fraction of sp³-hybridized carbons (Fsp3) is 0.300. The van der Waals surface area contributed by atoms with Gasteiger partial charge in [0.05, 0.1) is 5.54 Å². The van der Waals surface area contributed by atoms with Crippen LogP contribution in [0.1, 0.15) is 18.4 Å². The van der Waals surface area contributed by atoms with Crippen LogP contribution in [0.15, 0.2) is 30.3 Å². The molecule has 0 aliphatic heterocycles. The molecule has 0 saturated heterocycles. The summed E-state index contributed by atoms with van der Waals surface area (Å²) in [6.45, 7) is 0. The number of thiol groups is 1. The maximum atomic E-state index is 10.8. The Balaban J connectivity index is 2.21. The van der Waals surface area contributed by atoms with Crippen molar-refractivity contribution < 1.29 is 4.79 Å². The summed E-state index contributed by atoms with van der Waals surface area (Å²) in [6, 6.07) is 10.0. The van der Waals surface area contributed by atoms with E-state index >= 15 is 0 Å². The van der Waals surface area contributed by atoms with Crippen LogP contribution < -0.4 is 5.32 Å². The maximum Gasteiger partial charge on any atom is 0.276 e. The second-order valence-corrected chi connectivity index (χ2v) is 3.78. The highest BCUT2D eigenvalue weighted by Gasteiger charge is 2.44. The molecule has 13 heavy (non-hydrogen) atoms. The van der Waals surface area contributed by atoms with E-state index in [0.29, 0.717) is 0 Å². The molecule has 0 bridgehead atoms. The highest BCUT2D eigenvalue weighted by Crippen LogP contribution is 2.45. The maximum absolute atomic E-state index is 10.8. The van der Waals surface area contributed by atoms with E-state index in [2.05, 4.69) is 17.9 Å². The Morgan fingerprint density at radius 1 is 1.31 bits per heavy atom. The average molecular weight is 193 g/mol. The quantitative estimate of drug-likeness (QED) is 0.693. The van der Waals surface area contributed by atoms with E-state index in [1.807, 2.05) is 30.3 Å². The number of carbonyl (C=O) groups excluding carboxylic acids is 1. The predicted octanol–water partition coefficient (Wildman–Crippen LogP) is 2.32. The summed E-state index contributed by atoms with van der Waals surface area (Å²) in [7, 11) is 0. The van der Waals surface area contributed by atoms with Crippen molar-refractivity contribution in [1.29, 1.82) is 0 Å². The van der Waals surface area contributed by atoms with Crippen LogP contribution in [-0.2, 0) is 5.54 Å². The SMILES string of the molecule is O=C(S)NC1(c2ccccc2)CC1. The lowest BCUT2D eigenvalue weighted by molar-refractivity contribution is 0.256. The molecule has 1 amide bonds. The zero-order valence-corrected chi connectivity index (χ0v) is 8.05. The molecule has 2 rings (SSSR count). The van der Waals surface area contributed by atoms with Crippen LogP contribution in [0, 0.1) is 0 Å². The Morgan fingerprint density at radius 3 is 2.38 bits per heavy atom. The summed E-state index contributed by atoms with van der Waals surface area (Å²) in [5.74, 6) is 0. The zero-order chi connectivity index (χ0) is 9.31. The Bertz CT molecular complexity index is 319. The Kier molecular flexibility index (Phi) is 2.04. The summed E-state index contributed by atoms with van der Waals surface area (Å²) in [4.78, 5) is 10.8. The van der Waals surface area contributed by atoms with Crippen molar-refractivity contribution in [2.45, 2.75) is 18.4 Å². The van der Waals surface area contributed by atoms with Gasteiger partial charge in [0, 0.05) is 0 Å². The molecule has 0 spiro atoms. The predicted molar refractivity (Wildman–Crippen MR) is 54.9 cm³/mol. The van der Waals surface area contributed by atoms with Crippen molar-refractivity contribution >= 4 is 17.9 Å². The fourth-order valence-electron chi connectivity index (χ4n) is 1.57. The molecule has 0 atom stereocenters. The molecule has 1 aliphatic rings. The number of nitrogens with one attached hydrogen (secondary N) is 1. The van der Waals surface area contributed by atoms with Crippen LogP contribution in [0.2, 0.25) is 0 Å². The van der Waals surface area contributed by atoms with Gasteiger partial charge in [0.15, 0.2) is 0 Å². The summed E-state index contributed by atoms with van der Waals surface area (Å²) in [5.41, 5.74) is 1.07. The summed E-state index contributed by atoms with van der Waals surface area (Å²) in [5, 5.41) is 2.62. The van der Waals surface area contributed by atoms with Gasteiger partial charge in [-0.1, -0.05) is 43.0 Å². The lowest BCUT2D eigenvalue weighted by atomic mass is 10.1. The van der Waals surface area contributed by atoms with Crippen molar-refractivity contribution in [3.63, 3.8) is 0 Å². The smallest absolute Gasteiger partial charge is 0.276 e. The third kappa shape index (κ3) is 1.70. The van der Waals surface area contributed by atoms with Crippen LogP contribution >= 0.6 is 12.6 Å². The summed E-state index contributed by atoms with van der Waals surface area (Å²) >= 11 is 3.73. The van der Waals surface area contributed by atoms with E-state index in [4.69, 9.17) is 0 Å². The molecule has 3 heteroatoms. The number of hydrogen-bond donors (Lipinski definition) is 2. The third-order valence-electron chi connectivity index (χ3n) is 2.42. The minimum atomic E-state index is -0.249. The van der Waals surface area contributed by atoms with Gasteiger partial charge in [0.25, 0.3) is 5.24 Å². The molecule has 0 aromatic heterocycles. The summed E-state index contributed by atoms with van der Waals surface area (Å²) < 4.78 is 0. The lowest BCUT2D eigenvalue weighted by Crippen LogP contribution is -2.30. The first-order valence-corrected chi connectivity index (χ1v) is 4.74. The molecule has 0 radical (unpaired) electrons. The number of carbonyl (C=O) groups is 1. The normalized spacial score (nSPS) is 17.9. The number of rotatable bonds is 2. The van der Waals surface area contributed by atoms with Crippen molar-refractivity contribution in [3.05, 3.63) is 35.9 Å². The molecule has 1 aliphatic carbocycles. The molecule has 68 valence electrons. The van der Waals surface area contributed by atoms with E-state index in [1.54, 1.807) is 0 Å². The van der Waals surface area contributed by atoms with Gasteiger partial charge >= 0.3 is 0 Å². The van der Waals surface area contributed by atoms with Crippen molar-refractivity contribution in [2.75, 3.05) is 0 Å². The lowest BCUT2D eigenvalue weighted by Gasteiger charge is -2.15. The van der Waals surface area contributed by atoms with Crippen molar-refractivity contribution in [3.8, 4) is 0 Å². The van der Waals surface area contributed by atoms with Crippen LogP contribution in [-0.4, -0.2) is 5.24 Å². The Labute approximate surface area is 82.8 Å². The number of amides is 1. The standard InChI is InChI=1S/C10H11NOS/c12-9(13)11-10(6-7-10)8-4-2-1-3-5-8/h1-5H,6-7H2,(H2,11,12,13). The van der Waals surface area contributed by atoms with Crippen LogP contribution in [0.4, 0.5) is 4.79 Å². The van der Waals surface area contributed by atoms with Gasteiger partial charge in [-0.15, -0.1) is 0 Å². The van der Waals surface area contributed by atoms with Crippen LogP contribution in [0.25, 0.3) is 0 Å². The molecular formula is C10H11NOS. The molecule has 1 aromatic rings. The molecule has 1 N–H and O–H groups in total. The fourth-order valence-corrected chi connectivity index (χ4v) is 1.79. The zero-order valence-electron chi connectivity index (χ0n) is 7.16. The molecule has 1 fully saturated rings. The van der Waals surface area contributed by atoms with Gasteiger partial charge in [-0.25, -0.2) is 0 Å². The topological polar surface area (TPSA) is 29.1 Å².